The van der Waals surface area contributed by atoms with Crippen LogP contribution in [0.1, 0.15) is 47.4 Å². The Balaban J connectivity index is 1.84. The third-order valence-corrected chi connectivity index (χ3v) is 5.51. The Hall–Kier alpha value is -2.44. The van der Waals surface area contributed by atoms with Crippen LogP contribution in [-0.2, 0) is 0 Å². The molecule has 4 nitrogen and oxygen atoms in total. The molecule has 1 N–H and O–H groups in total. The van der Waals surface area contributed by atoms with Crippen molar-refractivity contribution in [3.63, 3.8) is 0 Å². The van der Waals surface area contributed by atoms with E-state index in [1.807, 2.05) is 35.8 Å². The molecule has 2 unspecified atom stereocenters. The fourth-order valence-corrected chi connectivity index (χ4v) is 4.06. The summed E-state index contributed by atoms with van der Waals surface area (Å²) < 4.78 is 47.0. The van der Waals surface area contributed by atoms with E-state index in [2.05, 4.69) is 5.32 Å². The molecule has 0 saturated heterocycles. The number of alkyl halides is 3. The van der Waals surface area contributed by atoms with Gasteiger partial charge in [-0.1, -0.05) is 12.8 Å². The Bertz CT molecular complexity index is 841. The monoisotopic (exact) mass is 394 g/mol. The number of carbonyl (C=O) groups excluding carboxylic acids is 1. The van der Waals surface area contributed by atoms with Gasteiger partial charge in [-0.3, -0.25) is 4.79 Å². The number of aromatic nitrogens is 1. The number of carbonyl (C=O) groups is 1. The van der Waals surface area contributed by atoms with E-state index in [0.29, 0.717) is 30.5 Å². The predicted molar refractivity (Wildman–Crippen MR) is 101 cm³/mol. The molecular formula is C21H25F3N2O2. The van der Waals surface area contributed by atoms with Crippen LogP contribution in [0.15, 0.2) is 30.3 Å². The molecule has 28 heavy (non-hydrogen) atoms. The van der Waals surface area contributed by atoms with Crippen LogP contribution in [0.25, 0.3) is 5.69 Å². The molecule has 3 rings (SSSR count). The molecular weight excluding hydrogens is 369 g/mol. The van der Waals surface area contributed by atoms with Crippen LogP contribution in [0.2, 0.25) is 0 Å². The topological polar surface area (TPSA) is 43.3 Å². The molecule has 0 radical (unpaired) electrons. The standard InChI is InChI=1S/C21H25F3N2O2/c1-13-12-17(14(2)26(13)15-8-10-16(28-3)11-9-15)20(27)25-19-7-5-4-6-18(19)21(22,23)24/h8-12,18-19H,4-7H2,1-3H3,(H,25,27). The third-order valence-electron chi connectivity index (χ3n) is 5.51. The number of rotatable bonds is 4. The number of benzene rings is 1. The molecule has 2 atom stereocenters. The molecule has 1 aliphatic carbocycles. The minimum atomic E-state index is -4.29. The van der Waals surface area contributed by atoms with Crippen molar-refractivity contribution < 1.29 is 22.7 Å². The summed E-state index contributed by atoms with van der Waals surface area (Å²) in [5, 5.41) is 2.65. The molecule has 0 bridgehead atoms. The SMILES string of the molecule is COc1ccc(-n2c(C)cc(C(=O)NC3CCCCC3C(F)(F)F)c2C)cc1. The maximum absolute atomic E-state index is 13.3. The highest BCUT2D eigenvalue weighted by Crippen LogP contribution is 2.38. The summed E-state index contributed by atoms with van der Waals surface area (Å²) >= 11 is 0. The molecule has 2 aromatic rings. The fraction of sp³-hybridized carbons (Fsp3) is 0.476. The summed E-state index contributed by atoms with van der Waals surface area (Å²) in [5.41, 5.74) is 2.80. The molecule has 1 aromatic carbocycles. The second kappa shape index (κ2) is 7.89. The van der Waals surface area contributed by atoms with Crippen molar-refractivity contribution in [3.8, 4) is 11.4 Å². The number of nitrogens with one attached hydrogen (secondary N) is 1. The average Bonchev–Trinajstić information content (AvgIpc) is 2.96. The van der Waals surface area contributed by atoms with Gasteiger partial charge in [-0.2, -0.15) is 13.2 Å². The molecule has 0 aliphatic heterocycles. The van der Waals surface area contributed by atoms with E-state index in [9.17, 15) is 18.0 Å². The Kier molecular flexibility index (Phi) is 5.72. The first-order valence-corrected chi connectivity index (χ1v) is 9.43. The van der Waals surface area contributed by atoms with Gasteiger partial charge in [-0.05, 0) is 57.0 Å². The predicted octanol–water partition coefficient (Wildman–Crippen LogP) is 4.95. The van der Waals surface area contributed by atoms with Crippen molar-refractivity contribution in [2.45, 2.75) is 51.7 Å². The number of halogens is 3. The number of ether oxygens (including phenoxy) is 1. The smallest absolute Gasteiger partial charge is 0.393 e. The number of methoxy groups -OCH3 is 1. The van der Waals surface area contributed by atoms with Crippen molar-refractivity contribution in [1.29, 1.82) is 0 Å². The Labute approximate surface area is 162 Å². The van der Waals surface area contributed by atoms with Crippen molar-refractivity contribution in [1.82, 2.24) is 9.88 Å². The van der Waals surface area contributed by atoms with Crippen LogP contribution in [0.5, 0.6) is 5.75 Å². The van der Waals surface area contributed by atoms with Crippen LogP contribution in [-0.4, -0.2) is 29.8 Å². The van der Waals surface area contributed by atoms with Crippen LogP contribution < -0.4 is 10.1 Å². The first kappa shape index (κ1) is 20.3. The zero-order chi connectivity index (χ0) is 20.5. The number of hydrogen-bond acceptors (Lipinski definition) is 2. The van der Waals surface area contributed by atoms with Gasteiger partial charge in [0.25, 0.3) is 5.91 Å². The highest BCUT2D eigenvalue weighted by Gasteiger charge is 2.46. The van der Waals surface area contributed by atoms with Gasteiger partial charge in [0.1, 0.15) is 5.75 Å². The summed E-state index contributed by atoms with van der Waals surface area (Å²) in [4.78, 5) is 12.8. The van der Waals surface area contributed by atoms with Gasteiger partial charge < -0.3 is 14.6 Å². The first-order valence-electron chi connectivity index (χ1n) is 9.43. The van der Waals surface area contributed by atoms with Gasteiger partial charge in [0.05, 0.1) is 18.6 Å². The van der Waals surface area contributed by atoms with Gasteiger partial charge >= 0.3 is 6.18 Å². The van der Waals surface area contributed by atoms with Crippen LogP contribution >= 0.6 is 0 Å². The highest BCUT2D eigenvalue weighted by atomic mass is 19.4. The molecule has 1 aliphatic rings. The summed E-state index contributed by atoms with van der Waals surface area (Å²) in [5.74, 6) is -1.20. The average molecular weight is 394 g/mol. The van der Waals surface area contributed by atoms with Crippen molar-refractivity contribution >= 4 is 5.91 Å². The van der Waals surface area contributed by atoms with Gasteiger partial charge in [-0.25, -0.2) is 0 Å². The molecule has 1 heterocycles. The van der Waals surface area contributed by atoms with Crippen LogP contribution in [0, 0.1) is 19.8 Å². The lowest BCUT2D eigenvalue weighted by molar-refractivity contribution is -0.187. The second-order valence-corrected chi connectivity index (χ2v) is 7.33. The minimum absolute atomic E-state index is 0.0688. The largest absolute Gasteiger partial charge is 0.497 e. The van der Waals surface area contributed by atoms with Gasteiger partial charge in [0, 0.05) is 23.1 Å². The third kappa shape index (κ3) is 4.03. The fourth-order valence-electron chi connectivity index (χ4n) is 4.06. The number of aryl methyl sites for hydroxylation is 1. The highest BCUT2D eigenvalue weighted by molar-refractivity contribution is 5.96. The van der Waals surface area contributed by atoms with E-state index in [1.54, 1.807) is 20.1 Å². The Morgan fingerprint density at radius 1 is 1.14 bits per heavy atom. The molecule has 7 heteroatoms. The lowest BCUT2D eigenvalue weighted by Gasteiger charge is -2.33. The van der Waals surface area contributed by atoms with Crippen molar-refractivity contribution in [2.75, 3.05) is 7.11 Å². The zero-order valence-corrected chi connectivity index (χ0v) is 16.3. The molecule has 1 fully saturated rings. The van der Waals surface area contributed by atoms with E-state index in [4.69, 9.17) is 4.74 Å². The maximum atomic E-state index is 13.3. The summed E-state index contributed by atoms with van der Waals surface area (Å²) in [6, 6.07) is 8.25. The summed E-state index contributed by atoms with van der Waals surface area (Å²) in [7, 11) is 1.59. The normalized spacial score (nSPS) is 20.1. The van der Waals surface area contributed by atoms with Crippen LogP contribution in [0.4, 0.5) is 13.2 Å². The lowest BCUT2D eigenvalue weighted by Crippen LogP contribution is -2.47. The van der Waals surface area contributed by atoms with Crippen molar-refractivity contribution in [2.24, 2.45) is 5.92 Å². The van der Waals surface area contributed by atoms with E-state index in [0.717, 1.165) is 17.1 Å². The molecule has 1 aromatic heterocycles. The Morgan fingerprint density at radius 2 is 1.79 bits per heavy atom. The van der Waals surface area contributed by atoms with E-state index in [1.165, 1.54) is 0 Å². The first-order chi connectivity index (χ1) is 13.2. The maximum Gasteiger partial charge on any atom is 0.393 e. The van der Waals surface area contributed by atoms with Gasteiger partial charge in [0.2, 0.25) is 0 Å². The zero-order valence-electron chi connectivity index (χ0n) is 16.3. The lowest BCUT2D eigenvalue weighted by atomic mass is 9.84. The minimum Gasteiger partial charge on any atom is -0.497 e. The van der Waals surface area contributed by atoms with Crippen molar-refractivity contribution in [3.05, 3.63) is 47.3 Å². The van der Waals surface area contributed by atoms with E-state index < -0.39 is 24.0 Å². The molecule has 1 saturated carbocycles. The molecule has 1 amide bonds. The number of hydrogen-bond donors (Lipinski definition) is 1. The van der Waals surface area contributed by atoms with Gasteiger partial charge in [0.15, 0.2) is 0 Å². The molecule has 152 valence electrons. The second-order valence-electron chi connectivity index (χ2n) is 7.33. The molecule has 0 spiro atoms. The Morgan fingerprint density at radius 3 is 2.39 bits per heavy atom. The number of amides is 1. The quantitative estimate of drug-likeness (QED) is 0.797. The van der Waals surface area contributed by atoms with E-state index in [-0.39, 0.29) is 6.42 Å². The van der Waals surface area contributed by atoms with Crippen LogP contribution in [0.3, 0.4) is 0 Å². The summed E-state index contributed by atoms with van der Waals surface area (Å²) in [6.45, 7) is 3.67. The van der Waals surface area contributed by atoms with Gasteiger partial charge in [-0.15, -0.1) is 0 Å². The van der Waals surface area contributed by atoms with E-state index >= 15 is 0 Å². The number of nitrogens with zero attached hydrogens (tertiary/aromatic N) is 1. The summed E-state index contributed by atoms with van der Waals surface area (Å²) in [6.07, 6.45) is -2.63.